The van der Waals surface area contributed by atoms with E-state index in [0.717, 1.165) is 12.0 Å². The van der Waals surface area contributed by atoms with Crippen molar-refractivity contribution in [3.63, 3.8) is 0 Å². The van der Waals surface area contributed by atoms with Crippen molar-refractivity contribution in [2.24, 2.45) is 0 Å². The van der Waals surface area contributed by atoms with Crippen LogP contribution >= 0.6 is 0 Å². The Hall–Kier alpha value is -1.18. The first-order valence-electron chi connectivity index (χ1n) is 4.76. The van der Waals surface area contributed by atoms with Crippen LogP contribution in [-0.4, -0.2) is 0 Å². The molecule has 0 rings (SSSR count). The van der Waals surface area contributed by atoms with Crippen LogP contribution in [0.4, 0.5) is 0 Å². The second kappa shape index (κ2) is 7.47. The number of allylic oxidation sites excluding steroid dienone is 3. The van der Waals surface area contributed by atoms with Crippen molar-refractivity contribution >= 4 is 0 Å². The van der Waals surface area contributed by atoms with Crippen molar-refractivity contribution in [1.29, 1.82) is 0 Å². The van der Waals surface area contributed by atoms with Gasteiger partial charge in [0.2, 0.25) is 0 Å². The van der Waals surface area contributed by atoms with Crippen LogP contribution < -0.4 is 0 Å². The Labute approximate surface area is 82.0 Å². The lowest BCUT2D eigenvalue weighted by atomic mass is 10.1. The summed E-state index contributed by atoms with van der Waals surface area (Å²) >= 11 is 0. The van der Waals surface area contributed by atoms with Gasteiger partial charge in [0.1, 0.15) is 0 Å². The van der Waals surface area contributed by atoms with Crippen LogP contribution in [0.5, 0.6) is 0 Å². The quantitative estimate of drug-likeness (QED) is 0.345. The van der Waals surface area contributed by atoms with Gasteiger partial charge in [-0.3, -0.25) is 0 Å². The highest BCUT2D eigenvalue weighted by molar-refractivity contribution is 5.29. The monoisotopic (exact) mass is 174 g/mol. The van der Waals surface area contributed by atoms with E-state index in [1.807, 2.05) is 26.0 Å². The minimum atomic E-state index is 1.01. The maximum Gasteiger partial charge on any atom is 0.00237 e. The fraction of sp³-hybridized carbons (Fsp3) is 0.462. The largest absolute Gasteiger partial charge is 0.122 e. The van der Waals surface area contributed by atoms with Gasteiger partial charge in [0, 0.05) is 5.57 Å². The lowest BCUT2D eigenvalue weighted by Gasteiger charge is -1.94. The SMILES string of the molecule is C#C/C(=C\C=C=C(C)C)CCCC. The first-order valence-corrected chi connectivity index (χ1v) is 4.76. The summed E-state index contributed by atoms with van der Waals surface area (Å²) < 4.78 is 0. The summed E-state index contributed by atoms with van der Waals surface area (Å²) in [6.07, 6.45) is 12.6. The van der Waals surface area contributed by atoms with Gasteiger partial charge in [-0.1, -0.05) is 19.3 Å². The maximum absolute atomic E-state index is 5.36. The van der Waals surface area contributed by atoms with Crippen LogP contribution in [0.3, 0.4) is 0 Å². The van der Waals surface area contributed by atoms with E-state index in [1.54, 1.807) is 0 Å². The molecule has 0 radical (unpaired) electrons. The van der Waals surface area contributed by atoms with Gasteiger partial charge < -0.3 is 0 Å². The van der Waals surface area contributed by atoms with E-state index in [2.05, 4.69) is 18.6 Å². The van der Waals surface area contributed by atoms with Crippen LogP contribution in [-0.2, 0) is 0 Å². The standard InChI is InChI=1S/C13H18/c1-5-7-10-13(6-2)11-8-9-12(3)4/h2,8,11H,5,7,10H2,1,3-4H3/b13-11+. The number of unbranched alkanes of at least 4 members (excludes halogenated alkanes) is 1. The van der Waals surface area contributed by atoms with Crippen LogP contribution in [0, 0.1) is 12.3 Å². The third kappa shape index (κ3) is 7.19. The average molecular weight is 174 g/mol. The topological polar surface area (TPSA) is 0 Å². The zero-order valence-corrected chi connectivity index (χ0v) is 8.85. The van der Waals surface area contributed by atoms with Crippen molar-refractivity contribution in [2.75, 3.05) is 0 Å². The molecular formula is C13H18. The van der Waals surface area contributed by atoms with Gasteiger partial charge in [0.05, 0.1) is 0 Å². The predicted octanol–water partition coefficient (Wildman–Crippen LogP) is 3.86. The van der Waals surface area contributed by atoms with Gasteiger partial charge in [0.15, 0.2) is 0 Å². The van der Waals surface area contributed by atoms with E-state index in [9.17, 15) is 0 Å². The molecule has 0 aromatic rings. The van der Waals surface area contributed by atoms with Crippen molar-refractivity contribution in [3.05, 3.63) is 29.0 Å². The minimum absolute atomic E-state index is 1.01. The second-order valence-corrected chi connectivity index (χ2v) is 3.25. The normalized spacial score (nSPS) is 10.2. The predicted molar refractivity (Wildman–Crippen MR) is 59.4 cm³/mol. The van der Waals surface area contributed by atoms with Gasteiger partial charge >= 0.3 is 0 Å². The zero-order valence-electron chi connectivity index (χ0n) is 8.85. The average Bonchev–Trinajstić information content (AvgIpc) is 2.10. The highest BCUT2D eigenvalue weighted by Crippen LogP contribution is 2.05. The molecule has 0 saturated carbocycles. The molecule has 0 unspecified atom stereocenters. The molecule has 0 saturated heterocycles. The van der Waals surface area contributed by atoms with Crippen LogP contribution in [0.1, 0.15) is 40.0 Å². The van der Waals surface area contributed by atoms with Crippen molar-refractivity contribution in [2.45, 2.75) is 40.0 Å². The molecule has 13 heavy (non-hydrogen) atoms. The number of terminal acetylenes is 1. The molecule has 0 fully saturated rings. The van der Waals surface area contributed by atoms with Crippen molar-refractivity contribution in [1.82, 2.24) is 0 Å². The molecule has 0 amide bonds. The highest BCUT2D eigenvalue weighted by atomic mass is 13.9. The molecule has 0 nitrogen and oxygen atoms in total. The van der Waals surface area contributed by atoms with Crippen LogP contribution in [0.25, 0.3) is 0 Å². The lowest BCUT2D eigenvalue weighted by molar-refractivity contribution is 0.801. The lowest BCUT2D eigenvalue weighted by Crippen LogP contribution is -1.78. The summed E-state index contributed by atoms with van der Waals surface area (Å²) in [5, 5.41) is 0. The van der Waals surface area contributed by atoms with Gasteiger partial charge in [-0.05, 0) is 44.4 Å². The number of rotatable bonds is 4. The van der Waals surface area contributed by atoms with Gasteiger partial charge in [0.25, 0.3) is 0 Å². The smallest absolute Gasteiger partial charge is 0.00237 e. The molecule has 70 valence electrons. The van der Waals surface area contributed by atoms with E-state index in [4.69, 9.17) is 6.42 Å². The molecule has 0 aliphatic rings. The van der Waals surface area contributed by atoms with E-state index in [0.29, 0.717) is 0 Å². The van der Waals surface area contributed by atoms with Crippen molar-refractivity contribution < 1.29 is 0 Å². The molecule has 0 heterocycles. The molecular weight excluding hydrogens is 156 g/mol. The first kappa shape index (κ1) is 11.8. The molecule has 0 aromatic carbocycles. The van der Waals surface area contributed by atoms with E-state index < -0.39 is 0 Å². The second-order valence-electron chi connectivity index (χ2n) is 3.25. The Morgan fingerprint density at radius 1 is 1.38 bits per heavy atom. The highest BCUT2D eigenvalue weighted by Gasteiger charge is 1.88. The summed E-state index contributed by atoms with van der Waals surface area (Å²) in [7, 11) is 0. The molecule has 0 bridgehead atoms. The van der Waals surface area contributed by atoms with E-state index in [1.165, 1.54) is 18.4 Å². The summed E-state index contributed by atoms with van der Waals surface area (Å²) in [6.45, 7) is 6.21. The molecule has 0 N–H and O–H groups in total. The summed E-state index contributed by atoms with van der Waals surface area (Å²) in [6, 6.07) is 0. The number of hydrogen-bond acceptors (Lipinski definition) is 0. The van der Waals surface area contributed by atoms with E-state index in [-0.39, 0.29) is 0 Å². The molecule has 0 aliphatic heterocycles. The molecule has 0 aliphatic carbocycles. The maximum atomic E-state index is 5.36. The summed E-state index contributed by atoms with van der Waals surface area (Å²) in [5.74, 6) is 2.69. The third-order valence-electron chi connectivity index (χ3n) is 1.64. The van der Waals surface area contributed by atoms with Gasteiger partial charge in [-0.25, -0.2) is 0 Å². The Bertz CT molecular complexity index is 261. The molecule has 0 atom stereocenters. The molecule has 0 spiro atoms. The Kier molecular flexibility index (Phi) is 6.79. The number of hydrogen-bond donors (Lipinski definition) is 0. The van der Waals surface area contributed by atoms with E-state index >= 15 is 0 Å². The Morgan fingerprint density at radius 3 is 2.54 bits per heavy atom. The fourth-order valence-electron chi connectivity index (χ4n) is 0.880. The minimum Gasteiger partial charge on any atom is -0.122 e. The van der Waals surface area contributed by atoms with Crippen LogP contribution in [0.2, 0.25) is 0 Å². The zero-order chi connectivity index (χ0) is 10.1. The van der Waals surface area contributed by atoms with Crippen molar-refractivity contribution in [3.8, 4) is 12.3 Å². The Morgan fingerprint density at radius 2 is 2.08 bits per heavy atom. The van der Waals surface area contributed by atoms with Crippen LogP contribution in [0.15, 0.2) is 29.0 Å². The summed E-state index contributed by atoms with van der Waals surface area (Å²) in [4.78, 5) is 0. The van der Waals surface area contributed by atoms with Gasteiger partial charge in [-0.2, -0.15) is 0 Å². The third-order valence-corrected chi connectivity index (χ3v) is 1.64. The Balaban J connectivity index is 4.26. The van der Waals surface area contributed by atoms with Gasteiger partial charge in [-0.15, -0.1) is 12.2 Å². The molecule has 0 heteroatoms. The molecule has 0 aromatic heterocycles. The fourth-order valence-corrected chi connectivity index (χ4v) is 0.880. The first-order chi connectivity index (χ1) is 6.20. The summed E-state index contributed by atoms with van der Waals surface area (Å²) in [5.41, 5.74) is 5.34.